The Morgan fingerprint density at radius 1 is 1.19 bits per heavy atom. The van der Waals surface area contributed by atoms with E-state index >= 15 is 0 Å². The SMILES string of the molecule is CS(=O)(=O)N1CCN(C(=O)c2cnn3ccccc23)CC1. The molecule has 1 amide bonds. The van der Waals surface area contributed by atoms with E-state index in [1.807, 2.05) is 18.2 Å². The van der Waals surface area contributed by atoms with Crippen LogP contribution >= 0.6 is 0 Å². The van der Waals surface area contributed by atoms with Crippen molar-refractivity contribution >= 4 is 21.4 Å². The molecule has 0 bridgehead atoms. The molecule has 1 saturated heterocycles. The molecule has 0 N–H and O–H groups in total. The fraction of sp³-hybridized carbons (Fsp3) is 0.385. The van der Waals surface area contributed by atoms with Gasteiger partial charge in [0.05, 0.1) is 23.5 Å². The van der Waals surface area contributed by atoms with Crippen LogP contribution in [0.4, 0.5) is 0 Å². The molecule has 2 aromatic rings. The van der Waals surface area contributed by atoms with E-state index in [1.54, 1.807) is 21.8 Å². The summed E-state index contributed by atoms with van der Waals surface area (Å²) in [5, 5.41) is 4.15. The third-order valence-electron chi connectivity index (χ3n) is 3.65. The summed E-state index contributed by atoms with van der Waals surface area (Å²) in [4.78, 5) is 14.2. The number of hydrogen-bond acceptors (Lipinski definition) is 4. The fourth-order valence-electron chi connectivity index (χ4n) is 2.49. The average molecular weight is 308 g/mol. The number of nitrogens with zero attached hydrogens (tertiary/aromatic N) is 4. The van der Waals surface area contributed by atoms with Crippen LogP contribution in [0.2, 0.25) is 0 Å². The van der Waals surface area contributed by atoms with Gasteiger partial charge in [-0.3, -0.25) is 4.79 Å². The highest BCUT2D eigenvalue weighted by Gasteiger charge is 2.27. The molecular weight excluding hydrogens is 292 g/mol. The Balaban J connectivity index is 1.78. The number of rotatable bonds is 2. The van der Waals surface area contributed by atoms with Gasteiger partial charge in [-0.05, 0) is 12.1 Å². The molecule has 1 aliphatic rings. The van der Waals surface area contributed by atoms with Gasteiger partial charge >= 0.3 is 0 Å². The highest BCUT2D eigenvalue weighted by molar-refractivity contribution is 7.88. The zero-order valence-electron chi connectivity index (χ0n) is 11.6. The summed E-state index contributed by atoms with van der Waals surface area (Å²) in [5.41, 5.74) is 1.30. The number of carbonyl (C=O) groups excluding carboxylic acids is 1. The van der Waals surface area contributed by atoms with Crippen molar-refractivity contribution in [3.63, 3.8) is 0 Å². The summed E-state index contributed by atoms with van der Waals surface area (Å²) >= 11 is 0. The number of sulfonamides is 1. The van der Waals surface area contributed by atoms with Crippen molar-refractivity contribution in [2.24, 2.45) is 0 Å². The van der Waals surface area contributed by atoms with Gasteiger partial charge in [0.2, 0.25) is 10.0 Å². The van der Waals surface area contributed by atoms with Gasteiger partial charge < -0.3 is 4.90 Å². The molecule has 0 spiro atoms. The van der Waals surface area contributed by atoms with E-state index in [0.29, 0.717) is 31.7 Å². The minimum Gasteiger partial charge on any atom is -0.336 e. The summed E-state index contributed by atoms with van der Waals surface area (Å²) < 4.78 is 26.0. The van der Waals surface area contributed by atoms with E-state index in [0.717, 1.165) is 5.52 Å². The lowest BCUT2D eigenvalue weighted by Gasteiger charge is -2.33. The minimum absolute atomic E-state index is 0.107. The van der Waals surface area contributed by atoms with Crippen molar-refractivity contribution in [2.75, 3.05) is 32.4 Å². The summed E-state index contributed by atoms with van der Waals surface area (Å²) in [6, 6.07) is 5.54. The molecule has 0 atom stereocenters. The Labute approximate surface area is 122 Å². The number of hydrogen-bond donors (Lipinski definition) is 0. The highest BCUT2D eigenvalue weighted by Crippen LogP contribution is 2.15. The minimum atomic E-state index is -3.18. The van der Waals surface area contributed by atoms with Gasteiger partial charge in [-0.25, -0.2) is 12.9 Å². The third-order valence-corrected chi connectivity index (χ3v) is 4.95. The number of amides is 1. The summed E-state index contributed by atoms with van der Waals surface area (Å²) in [5.74, 6) is -0.107. The second kappa shape index (κ2) is 5.12. The van der Waals surface area contributed by atoms with Crippen LogP contribution < -0.4 is 0 Å². The van der Waals surface area contributed by atoms with Gasteiger partial charge in [-0.1, -0.05) is 6.07 Å². The van der Waals surface area contributed by atoms with Gasteiger partial charge in [0.1, 0.15) is 0 Å². The van der Waals surface area contributed by atoms with E-state index in [1.165, 1.54) is 10.6 Å². The van der Waals surface area contributed by atoms with E-state index in [9.17, 15) is 13.2 Å². The Kier molecular flexibility index (Phi) is 3.42. The molecule has 1 fully saturated rings. The van der Waals surface area contributed by atoms with Crippen LogP contribution in [-0.2, 0) is 10.0 Å². The maximum Gasteiger partial charge on any atom is 0.257 e. The molecule has 0 aromatic carbocycles. The van der Waals surface area contributed by atoms with Crippen molar-refractivity contribution in [1.29, 1.82) is 0 Å². The summed E-state index contributed by atoms with van der Waals surface area (Å²) in [7, 11) is -3.18. The lowest BCUT2D eigenvalue weighted by atomic mass is 10.2. The van der Waals surface area contributed by atoms with Crippen molar-refractivity contribution in [1.82, 2.24) is 18.8 Å². The molecule has 112 valence electrons. The monoisotopic (exact) mass is 308 g/mol. The molecule has 2 aromatic heterocycles. The molecule has 1 aliphatic heterocycles. The van der Waals surface area contributed by atoms with Crippen LogP contribution in [0, 0.1) is 0 Å². The number of pyridine rings is 1. The molecule has 21 heavy (non-hydrogen) atoms. The van der Waals surface area contributed by atoms with Gasteiger partial charge in [-0.15, -0.1) is 0 Å². The number of piperazine rings is 1. The van der Waals surface area contributed by atoms with Gasteiger partial charge in [0.15, 0.2) is 0 Å². The van der Waals surface area contributed by atoms with Crippen molar-refractivity contribution < 1.29 is 13.2 Å². The van der Waals surface area contributed by atoms with E-state index < -0.39 is 10.0 Å². The molecule has 3 rings (SSSR count). The van der Waals surface area contributed by atoms with Crippen LogP contribution in [0.15, 0.2) is 30.6 Å². The van der Waals surface area contributed by atoms with Crippen LogP contribution in [-0.4, -0.2) is 65.6 Å². The second-order valence-electron chi connectivity index (χ2n) is 5.04. The van der Waals surface area contributed by atoms with E-state index in [-0.39, 0.29) is 5.91 Å². The third kappa shape index (κ3) is 2.64. The topological polar surface area (TPSA) is 75.0 Å². The zero-order chi connectivity index (χ0) is 15.0. The smallest absolute Gasteiger partial charge is 0.257 e. The highest BCUT2D eigenvalue weighted by atomic mass is 32.2. The first-order valence-corrected chi connectivity index (χ1v) is 8.48. The first-order valence-electron chi connectivity index (χ1n) is 6.63. The average Bonchev–Trinajstić information content (AvgIpc) is 2.90. The molecule has 3 heterocycles. The molecule has 7 nitrogen and oxygen atoms in total. The molecule has 0 radical (unpaired) electrons. The van der Waals surface area contributed by atoms with Gasteiger partial charge in [-0.2, -0.15) is 9.40 Å². The zero-order valence-corrected chi connectivity index (χ0v) is 12.5. The number of carbonyl (C=O) groups is 1. The first kappa shape index (κ1) is 14.0. The largest absolute Gasteiger partial charge is 0.336 e. The summed E-state index contributed by atoms with van der Waals surface area (Å²) in [6.45, 7) is 1.47. The standard InChI is InChI=1S/C13H16N4O3S/c1-21(19,20)16-8-6-15(7-9-16)13(18)11-10-14-17-5-3-2-4-12(11)17/h2-5,10H,6-9H2,1H3. The normalized spacial score (nSPS) is 17.3. The number of fused-ring (bicyclic) bond motifs is 1. The molecule has 0 aliphatic carbocycles. The van der Waals surface area contributed by atoms with Crippen molar-refractivity contribution in [2.45, 2.75) is 0 Å². The molecular formula is C13H16N4O3S. The molecule has 0 saturated carbocycles. The van der Waals surface area contributed by atoms with Gasteiger partial charge in [0, 0.05) is 32.4 Å². The predicted molar refractivity (Wildman–Crippen MR) is 77.5 cm³/mol. The maximum absolute atomic E-state index is 12.5. The Morgan fingerprint density at radius 2 is 1.90 bits per heavy atom. The Bertz CT molecular complexity index is 776. The van der Waals surface area contributed by atoms with Crippen molar-refractivity contribution in [3.05, 3.63) is 36.2 Å². The molecule has 0 unspecified atom stereocenters. The summed E-state index contributed by atoms with van der Waals surface area (Å²) in [6.07, 6.45) is 4.53. The predicted octanol–water partition coefficient (Wildman–Crippen LogP) is 0.0517. The maximum atomic E-state index is 12.5. The lowest BCUT2D eigenvalue weighted by molar-refractivity contribution is 0.0700. The Hall–Kier alpha value is -1.93. The lowest BCUT2D eigenvalue weighted by Crippen LogP contribution is -2.50. The fourth-order valence-corrected chi connectivity index (χ4v) is 3.32. The van der Waals surface area contributed by atoms with Crippen LogP contribution in [0.5, 0.6) is 0 Å². The van der Waals surface area contributed by atoms with E-state index in [4.69, 9.17) is 0 Å². The van der Waals surface area contributed by atoms with Gasteiger partial charge in [0.25, 0.3) is 5.91 Å². The number of aromatic nitrogens is 2. The van der Waals surface area contributed by atoms with Crippen LogP contribution in [0.3, 0.4) is 0 Å². The quantitative estimate of drug-likeness (QED) is 0.786. The second-order valence-corrected chi connectivity index (χ2v) is 7.03. The van der Waals surface area contributed by atoms with Crippen molar-refractivity contribution in [3.8, 4) is 0 Å². The van der Waals surface area contributed by atoms with E-state index in [2.05, 4.69) is 5.10 Å². The first-order chi connectivity index (χ1) is 9.97. The van der Waals surface area contributed by atoms with Crippen LogP contribution in [0.25, 0.3) is 5.52 Å². The molecule has 8 heteroatoms. The van der Waals surface area contributed by atoms with Crippen LogP contribution in [0.1, 0.15) is 10.4 Å². The Morgan fingerprint density at radius 3 is 2.57 bits per heavy atom.